The van der Waals surface area contributed by atoms with Gasteiger partial charge >= 0.3 is 0 Å². The zero-order chi connectivity index (χ0) is 15.4. The minimum absolute atomic E-state index is 0.171. The minimum Gasteiger partial charge on any atom is -0.328 e. The predicted molar refractivity (Wildman–Crippen MR) is 85.2 cm³/mol. The molecule has 1 aliphatic heterocycles. The summed E-state index contributed by atoms with van der Waals surface area (Å²) in [6.45, 7) is 4.53. The van der Waals surface area contributed by atoms with Crippen LogP contribution in [0, 0.1) is 0 Å². The summed E-state index contributed by atoms with van der Waals surface area (Å²) in [5.74, 6) is -0.963. The molecule has 0 aliphatic carbocycles. The van der Waals surface area contributed by atoms with Gasteiger partial charge in [-0.1, -0.05) is 67.6 Å². The van der Waals surface area contributed by atoms with Crippen molar-refractivity contribution < 1.29 is 14.2 Å². The summed E-state index contributed by atoms with van der Waals surface area (Å²) in [6.07, 6.45) is 0.304. The molecule has 2 aromatic carbocycles. The second-order valence-corrected chi connectivity index (χ2v) is 5.37. The van der Waals surface area contributed by atoms with E-state index in [-0.39, 0.29) is 12.2 Å². The van der Waals surface area contributed by atoms with E-state index in [1.807, 2.05) is 50.2 Å². The Morgan fingerprint density at radius 2 is 1.27 bits per heavy atom. The predicted octanol–water partition coefficient (Wildman–Crippen LogP) is 4.62. The molecule has 2 atom stereocenters. The summed E-state index contributed by atoms with van der Waals surface area (Å²) < 4.78 is 18.3. The van der Waals surface area contributed by atoms with E-state index in [9.17, 15) is 0 Å². The molecule has 0 N–H and O–H groups in total. The Kier molecular flexibility index (Phi) is 4.57. The lowest BCUT2D eigenvalue weighted by molar-refractivity contribution is -0.342. The van der Waals surface area contributed by atoms with Crippen LogP contribution in [0.5, 0.6) is 0 Å². The summed E-state index contributed by atoms with van der Waals surface area (Å²) in [4.78, 5) is 0. The summed E-state index contributed by atoms with van der Waals surface area (Å²) >= 11 is 0. The Labute approximate surface area is 131 Å². The van der Waals surface area contributed by atoms with E-state index in [1.54, 1.807) is 0 Å². The summed E-state index contributed by atoms with van der Waals surface area (Å²) in [6, 6.07) is 20.4. The first-order chi connectivity index (χ1) is 10.8. The van der Waals surface area contributed by atoms with Gasteiger partial charge in [0.2, 0.25) is 0 Å². The topological polar surface area (TPSA) is 27.7 Å². The van der Waals surface area contributed by atoms with E-state index in [2.05, 4.69) is 24.3 Å². The molecular weight excluding hydrogens is 276 g/mol. The van der Waals surface area contributed by atoms with Crippen molar-refractivity contribution in [1.82, 2.24) is 0 Å². The van der Waals surface area contributed by atoms with Crippen LogP contribution < -0.4 is 0 Å². The lowest BCUT2D eigenvalue weighted by Gasteiger charge is -2.26. The first-order valence-electron chi connectivity index (χ1n) is 7.87. The summed E-state index contributed by atoms with van der Waals surface area (Å²) in [5.41, 5.74) is 2.21. The maximum Gasteiger partial charge on any atom is 0.283 e. The highest BCUT2D eigenvalue weighted by atomic mass is 16.9. The monoisotopic (exact) mass is 298 g/mol. The first kappa shape index (κ1) is 15.2. The van der Waals surface area contributed by atoms with Gasteiger partial charge in [-0.3, -0.25) is 0 Å². The van der Waals surface area contributed by atoms with Gasteiger partial charge < -0.3 is 14.2 Å². The molecule has 1 saturated heterocycles. The molecule has 3 rings (SSSR count). The molecule has 0 radical (unpaired) electrons. The number of hydrogen-bond donors (Lipinski definition) is 0. The fourth-order valence-electron chi connectivity index (χ4n) is 2.87. The van der Waals surface area contributed by atoms with E-state index in [0.717, 1.165) is 11.1 Å². The van der Waals surface area contributed by atoms with Crippen molar-refractivity contribution in [2.45, 2.75) is 38.4 Å². The van der Waals surface area contributed by atoms with Crippen LogP contribution in [0.2, 0.25) is 0 Å². The fraction of sp³-hybridized carbons (Fsp3) is 0.368. The Morgan fingerprint density at radius 1 is 0.818 bits per heavy atom. The van der Waals surface area contributed by atoms with Crippen molar-refractivity contribution in [3.8, 4) is 0 Å². The van der Waals surface area contributed by atoms with Crippen LogP contribution in [-0.4, -0.2) is 12.6 Å². The summed E-state index contributed by atoms with van der Waals surface area (Å²) in [5, 5.41) is 0. The van der Waals surface area contributed by atoms with Crippen molar-refractivity contribution >= 4 is 0 Å². The van der Waals surface area contributed by atoms with Crippen molar-refractivity contribution in [3.63, 3.8) is 0 Å². The van der Waals surface area contributed by atoms with Crippen LogP contribution in [0.1, 0.15) is 43.6 Å². The van der Waals surface area contributed by atoms with Crippen LogP contribution >= 0.6 is 0 Å². The normalized spacial score (nSPS) is 23.5. The Morgan fingerprint density at radius 3 is 1.64 bits per heavy atom. The molecule has 116 valence electrons. The molecule has 3 heteroatoms. The number of hydrogen-bond acceptors (Lipinski definition) is 3. The third kappa shape index (κ3) is 2.93. The molecule has 1 heterocycles. The van der Waals surface area contributed by atoms with Crippen LogP contribution in [0.4, 0.5) is 0 Å². The van der Waals surface area contributed by atoms with Gasteiger partial charge in [-0.15, -0.1) is 0 Å². The van der Waals surface area contributed by atoms with Crippen LogP contribution in [-0.2, 0) is 14.2 Å². The highest BCUT2D eigenvalue weighted by Gasteiger charge is 2.48. The van der Waals surface area contributed by atoms with Gasteiger partial charge in [0.25, 0.3) is 5.97 Å². The fourth-order valence-corrected chi connectivity index (χ4v) is 2.87. The maximum absolute atomic E-state index is 6.25. The van der Waals surface area contributed by atoms with Gasteiger partial charge in [0.1, 0.15) is 12.2 Å². The maximum atomic E-state index is 6.25. The zero-order valence-electron chi connectivity index (χ0n) is 13.1. The molecule has 2 aromatic rings. The van der Waals surface area contributed by atoms with Crippen molar-refractivity contribution in [2.75, 3.05) is 6.61 Å². The molecule has 0 saturated carbocycles. The third-order valence-electron chi connectivity index (χ3n) is 3.94. The quantitative estimate of drug-likeness (QED) is 0.806. The third-order valence-corrected chi connectivity index (χ3v) is 3.94. The number of ether oxygens (including phenoxy) is 3. The molecule has 0 amide bonds. The average Bonchev–Trinajstić information content (AvgIpc) is 2.97. The van der Waals surface area contributed by atoms with E-state index >= 15 is 0 Å². The van der Waals surface area contributed by atoms with Crippen LogP contribution in [0.25, 0.3) is 0 Å². The van der Waals surface area contributed by atoms with Crippen molar-refractivity contribution in [3.05, 3.63) is 71.8 Å². The molecular formula is C19H22O3. The lowest BCUT2D eigenvalue weighted by Crippen LogP contribution is -2.33. The largest absolute Gasteiger partial charge is 0.328 e. The van der Waals surface area contributed by atoms with E-state index in [0.29, 0.717) is 13.0 Å². The smallest absolute Gasteiger partial charge is 0.283 e. The molecule has 3 nitrogen and oxygen atoms in total. The molecule has 0 bridgehead atoms. The van der Waals surface area contributed by atoms with E-state index < -0.39 is 5.97 Å². The van der Waals surface area contributed by atoms with E-state index in [4.69, 9.17) is 14.2 Å². The molecule has 1 fully saturated rings. The highest BCUT2D eigenvalue weighted by Crippen LogP contribution is 2.48. The van der Waals surface area contributed by atoms with E-state index in [1.165, 1.54) is 0 Å². The number of rotatable bonds is 5. The average molecular weight is 298 g/mol. The van der Waals surface area contributed by atoms with Crippen LogP contribution in [0.3, 0.4) is 0 Å². The summed E-state index contributed by atoms with van der Waals surface area (Å²) in [7, 11) is 0. The van der Waals surface area contributed by atoms with Gasteiger partial charge in [0, 0.05) is 13.0 Å². The van der Waals surface area contributed by atoms with Gasteiger partial charge in [-0.2, -0.15) is 0 Å². The molecule has 0 spiro atoms. The lowest BCUT2D eigenvalue weighted by atomic mass is 9.99. The molecule has 0 aromatic heterocycles. The standard InChI is InChI=1S/C19H22O3/c1-3-19(20-4-2)21-17(15-11-7-5-8-12-15)18(22-19)16-13-9-6-10-14-16/h5-14,17-18H,3-4H2,1-2H3/t17-,18-/m0/s1. The minimum atomic E-state index is -0.963. The second kappa shape index (κ2) is 6.61. The Hall–Kier alpha value is -1.68. The SMILES string of the molecule is CCOC1(CC)O[C@@H](c2ccccc2)[C@H](c2ccccc2)O1. The highest BCUT2D eigenvalue weighted by molar-refractivity contribution is 5.26. The Bertz CT molecular complexity index is 535. The second-order valence-electron chi connectivity index (χ2n) is 5.37. The molecule has 22 heavy (non-hydrogen) atoms. The first-order valence-corrected chi connectivity index (χ1v) is 7.87. The Balaban J connectivity index is 1.97. The van der Waals surface area contributed by atoms with Gasteiger partial charge in [-0.25, -0.2) is 0 Å². The van der Waals surface area contributed by atoms with Gasteiger partial charge in [-0.05, 0) is 18.1 Å². The zero-order valence-corrected chi connectivity index (χ0v) is 13.1. The molecule has 0 unspecified atom stereocenters. The van der Waals surface area contributed by atoms with Crippen molar-refractivity contribution in [2.24, 2.45) is 0 Å². The van der Waals surface area contributed by atoms with Gasteiger partial charge in [0.05, 0.1) is 0 Å². The van der Waals surface area contributed by atoms with Crippen LogP contribution in [0.15, 0.2) is 60.7 Å². The van der Waals surface area contributed by atoms with Gasteiger partial charge in [0.15, 0.2) is 0 Å². The number of benzene rings is 2. The molecule has 1 aliphatic rings. The van der Waals surface area contributed by atoms with Crippen molar-refractivity contribution in [1.29, 1.82) is 0 Å².